The zero-order valence-corrected chi connectivity index (χ0v) is 16.0. The molecule has 0 spiro atoms. The molecule has 2 aromatic carbocycles. The Morgan fingerprint density at radius 1 is 1.00 bits per heavy atom. The molecule has 7 nitrogen and oxygen atoms in total. The topological polar surface area (TPSA) is 79.0 Å². The fraction of sp³-hybridized carbons (Fsp3) is 0.318. The number of piperidine rings is 1. The number of amides is 3. The summed E-state index contributed by atoms with van der Waals surface area (Å²) in [5.41, 5.74) is 1.53. The van der Waals surface area contributed by atoms with Crippen LogP contribution < -0.4 is 5.32 Å². The van der Waals surface area contributed by atoms with Crippen molar-refractivity contribution in [3.05, 3.63) is 71.8 Å². The molecule has 2 fully saturated rings. The molecule has 2 bridgehead atoms. The van der Waals surface area contributed by atoms with E-state index in [0.29, 0.717) is 31.6 Å². The smallest absolute Gasteiger partial charge is 0.345 e. The number of rotatable bonds is 7. The van der Waals surface area contributed by atoms with Crippen LogP contribution in [0.4, 0.5) is 4.79 Å². The number of nitrogens with one attached hydrogen (secondary N) is 1. The van der Waals surface area contributed by atoms with Gasteiger partial charge in [-0.05, 0) is 18.4 Å². The molecule has 0 saturated carbocycles. The van der Waals surface area contributed by atoms with Gasteiger partial charge in [-0.3, -0.25) is 14.4 Å². The second-order valence-electron chi connectivity index (χ2n) is 7.27. The number of carbonyl (C=O) groups is 3. The van der Waals surface area contributed by atoms with E-state index in [9.17, 15) is 14.4 Å². The van der Waals surface area contributed by atoms with E-state index in [1.54, 1.807) is 29.2 Å². The minimum Gasteiger partial charge on any atom is -0.347 e. The number of urea groups is 1. The number of carbonyl (C=O) groups excluding carboxylic acids is 3. The van der Waals surface area contributed by atoms with Crippen molar-refractivity contribution in [2.75, 3.05) is 13.1 Å². The highest BCUT2D eigenvalue weighted by molar-refractivity contribution is 6.00. The fourth-order valence-electron chi connectivity index (χ4n) is 3.80. The maximum absolute atomic E-state index is 12.8. The Labute approximate surface area is 169 Å². The van der Waals surface area contributed by atoms with Crippen molar-refractivity contribution >= 4 is 17.7 Å². The molecule has 0 aliphatic carbocycles. The molecule has 150 valence electrons. The maximum atomic E-state index is 12.8. The van der Waals surface area contributed by atoms with Gasteiger partial charge in [0.25, 0.3) is 0 Å². The molecule has 29 heavy (non-hydrogen) atoms. The van der Waals surface area contributed by atoms with Gasteiger partial charge in [-0.2, -0.15) is 5.06 Å². The van der Waals surface area contributed by atoms with Crippen molar-refractivity contribution < 1.29 is 19.2 Å². The van der Waals surface area contributed by atoms with Gasteiger partial charge in [0.15, 0.2) is 5.78 Å². The van der Waals surface area contributed by atoms with Crippen molar-refractivity contribution in [1.29, 1.82) is 0 Å². The normalized spacial score (nSPS) is 20.6. The molecule has 2 aliphatic heterocycles. The first-order valence-electron chi connectivity index (χ1n) is 9.76. The molecule has 2 saturated heterocycles. The van der Waals surface area contributed by atoms with Gasteiger partial charge in [-0.15, -0.1) is 0 Å². The monoisotopic (exact) mass is 393 g/mol. The Bertz CT molecular complexity index is 887. The molecular formula is C22H23N3O4. The molecule has 7 heteroatoms. The summed E-state index contributed by atoms with van der Waals surface area (Å²) in [5, 5.41) is 4.08. The van der Waals surface area contributed by atoms with Crippen LogP contribution in [-0.2, 0) is 16.2 Å². The molecule has 4 rings (SSSR count). The van der Waals surface area contributed by atoms with Gasteiger partial charge in [0.2, 0.25) is 5.91 Å². The van der Waals surface area contributed by atoms with Crippen LogP contribution in [0.15, 0.2) is 60.7 Å². The maximum Gasteiger partial charge on any atom is 0.345 e. The molecule has 2 atom stereocenters. The summed E-state index contributed by atoms with van der Waals surface area (Å²) in [7, 11) is 0. The van der Waals surface area contributed by atoms with Gasteiger partial charge in [-0.25, -0.2) is 4.79 Å². The Morgan fingerprint density at radius 3 is 2.41 bits per heavy atom. The number of hydrogen-bond donors (Lipinski definition) is 1. The lowest BCUT2D eigenvalue weighted by atomic mass is 10.00. The van der Waals surface area contributed by atoms with Gasteiger partial charge in [0.05, 0.1) is 12.6 Å². The Morgan fingerprint density at radius 2 is 1.69 bits per heavy atom. The first-order valence-corrected chi connectivity index (χ1v) is 9.76. The SMILES string of the molecule is O=C(CNC(=O)[C@@H]1CC[C@@H]2CN1C(=O)N2OCc1ccccc1)c1ccccc1. The van der Waals surface area contributed by atoms with Crippen LogP contribution in [0, 0.1) is 0 Å². The molecule has 2 heterocycles. The Hall–Kier alpha value is -3.19. The molecule has 2 aromatic rings. The third-order valence-electron chi connectivity index (χ3n) is 5.36. The van der Waals surface area contributed by atoms with Gasteiger partial charge >= 0.3 is 6.03 Å². The van der Waals surface area contributed by atoms with E-state index < -0.39 is 6.04 Å². The third kappa shape index (κ3) is 4.14. The summed E-state index contributed by atoms with van der Waals surface area (Å²) in [5.74, 6) is -0.459. The summed E-state index contributed by atoms with van der Waals surface area (Å²) in [4.78, 5) is 44.9. The standard InChI is InChI=1S/C22H23N3O4/c26-20(17-9-5-2-6-10-17)13-23-21(27)19-12-11-18-14-24(19)22(28)25(18)29-15-16-7-3-1-4-8-16/h1-10,18-19H,11-15H2,(H,23,27)/t18-,19+/m1/s1. The molecule has 0 unspecified atom stereocenters. The molecule has 3 amide bonds. The third-order valence-corrected chi connectivity index (χ3v) is 5.36. The lowest BCUT2D eigenvalue weighted by Crippen LogP contribution is -2.50. The minimum absolute atomic E-state index is 0.0544. The lowest BCUT2D eigenvalue weighted by molar-refractivity contribution is -0.140. The number of hydrogen-bond acceptors (Lipinski definition) is 4. The summed E-state index contributed by atoms with van der Waals surface area (Å²) in [6.07, 6.45) is 1.23. The van der Waals surface area contributed by atoms with Gasteiger partial charge in [-0.1, -0.05) is 60.7 Å². The number of hydroxylamine groups is 2. The molecule has 1 N–H and O–H groups in total. The van der Waals surface area contributed by atoms with E-state index >= 15 is 0 Å². The number of fused-ring (bicyclic) bond motifs is 2. The molecule has 0 radical (unpaired) electrons. The zero-order valence-electron chi connectivity index (χ0n) is 16.0. The summed E-state index contributed by atoms with van der Waals surface area (Å²) in [6.45, 7) is 0.677. The number of Topliss-reactive ketones (excluding diaryl/α,β-unsaturated/α-hetero) is 1. The Balaban J connectivity index is 1.33. The highest BCUT2D eigenvalue weighted by atomic mass is 16.7. The molecule has 2 aliphatic rings. The predicted molar refractivity (Wildman–Crippen MR) is 106 cm³/mol. The second kappa shape index (κ2) is 8.45. The highest BCUT2D eigenvalue weighted by Gasteiger charge is 2.47. The van der Waals surface area contributed by atoms with Crippen LogP contribution >= 0.6 is 0 Å². The number of nitrogens with zero attached hydrogens (tertiary/aromatic N) is 2. The fourth-order valence-corrected chi connectivity index (χ4v) is 3.80. The predicted octanol–water partition coefficient (Wildman–Crippen LogP) is 2.39. The van der Waals surface area contributed by atoms with E-state index in [1.807, 2.05) is 36.4 Å². The van der Waals surface area contributed by atoms with Gasteiger partial charge < -0.3 is 10.2 Å². The molecular weight excluding hydrogens is 370 g/mol. The van der Waals surface area contributed by atoms with Crippen LogP contribution in [-0.4, -0.2) is 52.9 Å². The first-order chi connectivity index (χ1) is 14.1. The summed E-state index contributed by atoms with van der Waals surface area (Å²) in [6, 6.07) is 17.5. The van der Waals surface area contributed by atoms with Crippen LogP contribution in [0.2, 0.25) is 0 Å². The quantitative estimate of drug-likeness (QED) is 0.733. The van der Waals surface area contributed by atoms with Crippen molar-refractivity contribution in [1.82, 2.24) is 15.3 Å². The average Bonchev–Trinajstić information content (AvgIpc) is 3.01. The van der Waals surface area contributed by atoms with Crippen molar-refractivity contribution in [2.45, 2.75) is 31.5 Å². The summed E-state index contributed by atoms with van der Waals surface area (Å²) >= 11 is 0. The van der Waals surface area contributed by atoms with Gasteiger partial charge in [0.1, 0.15) is 12.6 Å². The number of ketones is 1. The van der Waals surface area contributed by atoms with E-state index in [4.69, 9.17) is 4.84 Å². The van der Waals surface area contributed by atoms with E-state index in [-0.39, 0.29) is 30.3 Å². The van der Waals surface area contributed by atoms with E-state index in [0.717, 1.165) is 5.56 Å². The van der Waals surface area contributed by atoms with Crippen molar-refractivity contribution in [3.63, 3.8) is 0 Å². The summed E-state index contributed by atoms with van der Waals surface area (Å²) < 4.78 is 0. The Kier molecular flexibility index (Phi) is 5.57. The van der Waals surface area contributed by atoms with Crippen molar-refractivity contribution in [3.8, 4) is 0 Å². The van der Waals surface area contributed by atoms with E-state index in [1.165, 1.54) is 5.06 Å². The lowest BCUT2D eigenvalue weighted by Gasteiger charge is -2.29. The van der Waals surface area contributed by atoms with E-state index in [2.05, 4.69) is 5.32 Å². The highest BCUT2D eigenvalue weighted by Crippen LogP contribution is 2.30. The average molecular weight is 393 g/mol. The van der Waals surface area contributed by atoms with Crippen LogP contribution in [0.5, 0.6) is 0 Å². The van der Waals surface area contributed by atoms with Crippen LogP contribution in [0.1, 0.15) is 28.8 Å². The van der Waals surface area contributed by atoms with Crippen LogP contribution in [0.25, 0.3) is 0 Å². The molecule has 0 aromatic heterocycles. The first kappa shape index (κ1) is 19.1. The van der Waals surface area contributed by atoms with Crippen molar-refractivity contribution in [2.24, 2.45) is 0 Å². The zero-order chi connectivity index (χ0) is 20.2. The largest absolute Gasteiger partial charge is 0.347 e. The van der Waals surface area contributed by atoms with Gasteiger partial charge in [0, 0.05) is 12.1 Å². The minimum atomic E-state index is -0.576. The van der Waals surface area contributed by atoms with Crippen LogP contribution in [0.3, 0.4) is 0 Å². The second-order valence-corrected chi connectivity index (χ2v) is 7.27. The number of benzene rings is 2.